The van der Waals surface area contributed by atoms with E-state index in [1.54, 1.807) is 17.0 Å². The van der Waals surface area contributed by atoms with Gasteiger partial charge in [0, 0.05) is 24.2 Å². The van der Waals surface area contributed by atoms with Gasteiger partial charge in [0.05, 0.1) is 5.56 Å². The molecule has 1 atom stereocenters. The van der Waals surface area contributed by atoms with Crippen LogP contribution in [0.1, 0.15) is 49.5 Å². The third-order valence-corrected chi connectivity index (χ3v) is 4.43. The summed E-state index contributed by atoms with van der Waals surface area (Å²) in [5.74, 6) is -0.699. The molecule has 2 aliphatic heterocycles. The van der Waals surface area contributed by atoms with Gasteiger partial charge in [0.2, 0.25) is 5.91 Å². The first kappa shape index (κ1) is 15.5. The second kappa shape index (κ2) is 5.08. The van der Waals surface area contributed by atoms with Gasteiger partial charge in [-0.3, -0.25) is 19.3 Å². The maximum atomic E-state index is 12.8. The van der Waals surface area contributed by atoms with E-state index in [9.17, 15) is 14.4 Å². The number of likely N-dealkylation sites (tertiary alicyclic amines) is 1. The lowest BCUT2D eigenvalue weighted by Gasteiger charge is -2.41. The molecule has 6 nitrogen and oxygen atoms in total. The fourth-order valence-electron chi connectivity index (χ4n) is 3.42. The van der Waals surface area contributed by atoms with E-state index in [0.717, 1.165) is 5.56 Å². The number of hydrogen-bond donors (Lipinski definition) is 1. The molecule has 3 rings (SSSR count). The highest BCUT2D eigenvalue weighted by molar-refractivity contribution is 6.07. The van der Waals surface area contributed by atoms with Gasteiger partial charge in [-0.15, -0.1) is 0 Å². The molecular weight excluding hydrogens is 294 g/mol. The molecule has 0 spiro atoms. The van der Waals surface area contributed by atoms with Crippen LogP contribution in [-0.2, 0) is 16.1 Å². The third kappa shape index (κ3) is 2.38. The van der Waals surface area contributed by atoms with Gasteiger partial charge in [-0.05, 0) is 38.8 Å². The Morgan fingerprint density at radius 3 is 2.48 bits per heavy atom. The summed E-state index contributed by atoms with van der Waals surface area (Å²) in [5, 5.41) is 0. The molecule has 0 bridgehead atoms. The molecule has 1 fully saturated rings. The lowest BCUT2D eigenvalue weighted by atomic mass is 9.96. The lowest BCUT2D eigenvalue weighted by molar-refractivity contribution is -0.158. The Labute approximate surface area is 135 Å². The fourth-order valence-corrected chi connectivity index (χ4v) is 3.42. The number of carbonyl (C=O) groups is 3. The number of rotatable bonds is 1. The number of amides is 3. The van der Waals surface area contributed by atoms with Crippen molar-refractivity contribution in [3.05, 3.63) is 29.3 Å². The van der Waals surface area contributed by atoms with Crippen molar-refractivity contribution in [1.29, 1.82) is 0 Å². The molecule has 2 aliphatic rings. The molecule has 1 aromatic carbocycles. The smallest absolute Gasteiger partial charge is 0.257 e. The van der Waals surface area contributed by atoms with Crippen LogP contribution < -0.4 is 5.73 Å². The molecule has 2 heterocycles. The molecule has 23 heavy (non-hydrogen) atoms. The number of nitrogens with two attached hydrogens (primary N) is 1. The minimum atomic E-state index is -0.605. The van der Waals surface area contributed by atoms with E-state index in [2.05, 4.69) is 0 Å². The van der Waals surface area contributed by atoms with E-state index >= 15 is 0 Å². The van der Waals surface area contributed by atoms with Gasteiger partial charge in [0.15, 0.2) is 0 Å². The highest BCUT2D eigenvalue weighted by Crippen LogP contribution is 2.33. The normalized spacial score (nSPS) is 21.9. The molecule has 0 saturated carbocycles. The van der Waals surface area contributed by atoms with Crippen LogP contribution in [-0.4, -0.2) is 39.1 Å². The van der Waals surface area contributed by atoms with Gasteiger partial charge >= 0.3 is 0 Å². The summed E-state index contributed by atoms with van der Waals surface area (Å²) in [6.45, 7) is 5.83. The van der Waals surface area contributed by atoms with Crippen molar-refractivity contribution in [2.75, 3.05) is 5.73 Å². The van der Waals surface area contributed by atoms with Gasteiger partial charge < -0.3 is 10.6 Å². The molecule has 122 valence electrons. The van der Waals surface area contributed by atoms with Crippen LogP contribution in [0.15, 0.2) is 18.2 Å². The minimum Gasteiger partial charge on any atom is -0.398 e. The van der Waals surface area contributed by atoms with Crippen LogP contribution in [0, 0.1) is 0 Å². The number of nitrogen functional groups attached to an aromatic ring is 1. The average Bonchev–Trinajstić information content (AvgIpc) is 2.76. The van der Waals surface area contributed by atoms with Crippen molar-refractivity contribution in [3.8, 4) is 0 Å². The van der Waals surface area contributed by atoms with Crippen molar-refractivity contribution in [1.82, 2.24) is 9.80 Å². The summed E-state index contributed by atoms with van der Waals surface area (Å²) in [6.07, 6.45) is 0.632. The van der Waals surface area contributed by atoms with Gasteiger partial charge in [0.1, 0.15) is 6.04 Å². The molecule has 0 aliphatic carbocycles. The van der Waals surface area contributed by atoms with Crippen molar-refractivity contribution < 1.29 is 14.4 Å². The summed E-state index contributed by atoms with van der Waals surface area (Å²) in [5.41, 5.74) is 7.07. The molecular formula is C17H21N3O3. The Morgan fingerprint density at radius 2 is 1.87 bits per heavy atom. The van der Waals surface area contributed by atoms with Crippen molar-refractivity contribution >= 4 is 23.4 Å². The van der Waals surface area contributed by atoms with E-state index in [4.69, 9.17) is 5.73 Å². The van der Waals surface area contributed by atoms with E-state index in [-0.39, 0.29) is 24.1 Å². The SMILES string of the molecule is CC(C)(C)N1C(=O)CCC(N2Cc3cccc(N)c3C2=O)C1=O. The summed E-state index contributed by atoms with van der Waals surface area (Å²) < 4.78 is 0. The summed E-state index contributed by atoms with van der Waals surface area (Å²) in [6, 6.07) is 4.74. The standard InChI is InChI=1S/C17H21N3O3/c1-17(2,3)20-13(21)8-7-12(15(20)22)19-9-10-5-4-6-11(18)14(10)16(19)23/h4-6,12H,7-9,18H2,1-3H3. The first-order chi connectivity index (χ1) is 10.7. The number of piperidine rings is 1. The minimum absolute atomic E-state index is 0.178. The molecule has 1 saturated heterocycles. The van der Waals surface area contributed by atoms with Gasteiger partial charge in [0.25, 0.3) is 11.8 Å². The molecule has 0 aromatic heterocycles. The van der Waals surface area contributed by atoms with Crippen LogP contribution in [0.3, 0.4) is 0 Å². The number of hydrogen-bond acceptors (Lipinski definition) is 4. The van der Waals surface area contributed by atoms with E-state index in [0.29, 0.717) is 24.2 Å². The van der Waals surface area contributed by atoms with E-state index in [1.165, 1.54) is 4.90 Å². The lowest BCUT2D eigenvalue weighted by Crippen LogP contribution is -2.60. The van der Waals surface area contributed by atoms with Gasteiger partial charge in [-0.25, -0.2) is 0 Å². The molecule has 3 amide bonds. The predicted molar refractivity (Wildman–Crippen MR) is 85.4 cm³/mol. The number of benzene rings is 1. The number of imide groups is 1. The Kier molecular flexibility index (Phi) is 3.43. The topological polar surface area (TPSA) is 83.7 Å². The third-order valence-electron chi connectivity index (χ3n) is 4.43. The van der Waals surface area contributed by atoms with Crippen molar-refractivity contribution in [3.63, 3.8) is 0 Å². The fraction of sp³-hybridized carbons (Fsp3) is 0.471. The largest absolute Gasteiger partial charge is 0.398 e. The zero-order valence-electron chi connectivity index (χ0n) is 13.6. The van der Waals surface area contributed by atoms with E-state index in [1.807, 2.05) is 26.8 Å². The van der Waals surface area contributed by atoms with Crippen LogP contribution in [0.2, 0.25) is 0 Å². The molecule has 1 unspecified atom stereocenters. The zero-order chi connectivity index (χ0) is 16.9. The van der Waals surface area contributed by atoms with Gasteiger partial charge in [-0.2, -0.15) is 0 Å². The summed E-state index contributed by atoms with van der Waals surface area (Å²) in [4.78, 5) is 40.5. The number of nitrogens with zero attached hydrogens (tertiary/aromatic N) is 2. The Balaban J connectivity index is 1.92. The van der Waals surface area contributed by atoms with Gasteiger partial charge in [-0.1, -0.05) is 12.1 Å². The molecule has 2 N–H and O–H groups in total. The second-order valence-electron chi connectivity index (χ2n) is 7.11. The Bertz CT molecular complexity index is 706. The number of fused-ring (bicyclic) bond motifs is 1. The van der Waals surface area contributed by atoms with Crippen LogP contribution in [0.4, 0.5) is 5.69 Å². The van der Waals surface area contributed by atoms with Crippen LogP contribution in [0.5, 0.6) is 0 Å². The summed E-state index contributed by atoms with van der Waals surface area (Å²) in [7, 11) is 0. The molecule has 6 heteroatoms. The first-order valence-electron chi connectivity index (χ1n) is 7.77. The first-order valence-corrected chi connectivity index (χ1v) is 7.77. The number of anilines is 1. The molecule has 0 radical (unpaired) electrons. The quantitative estimate of drug-likeness (QED) is 0.629. The average molecular weight is 315 g/mol. The highest BCUT2D eigenvalue weighted by Gasteiger charge is 2.46. The zero-order valence-corrected chi connectivity index (χ0v) is 13.6. The van der Waals surface area contributed by atoms with Crippen molar-refractivity contribution in [2.45, 2.75) is 51.7 Å². The van der Waals surface area contributed by atoms with Crippen molar-refractivity contribution in [2.24, 2.45) is 0 Å². The Morgan fingerprint density at radius 1 is 1.17 bits per heavy atom. The monoisotopic (exact) mass is 315 g/mol. The van der Waals surface area contributed by atoms with Crippen LogP contribution >= 0.6 is 0 Å². The highest BCUT2D eigenvalue weighted by atomic mass is 16.2. The predicted octanol–water partition coefficient (Wildman–Crippen LogP) is 1.54. The number of carbonyl (C=O) groups excluding carboxylic acids is 3. The van der Waals surface area contributed by atoms with Crippen LogP contribution in [0.25, 0.3) is 0 Å². The Hall–Kier alpha value is -2.37. The van der Waals surface area contributed by atoms with E-state index < -0.39 is 11.6 Å². The summed E-state index contributed by atoms with van der Waals surface area (Å²) >= 11 is 0. The maximum absolute atomic E-state index is 12.8. The second-order valence-corrected chi connectivity index (χ2v) is 7.11. The molecule has 1 aromatic rings. The maximum Gasteiger partial charge on any atom is 0.257 e.